The van der Waals surface area contributed by atoms with Crippen molar-refractivity contribution in [2.45, 2.75) is 46.1 Å². The fourth-order valence-electron chi connectivity index (χ4n) is 1.56. The number of esters is 3. The summed E-state index contributed by atoms with van der Waals surface area (Å²) in [4.78, 5) is 34.4. The number of hydrogen-bond acceptors (Lipinski definition) is 7. The molecule has 142 valence electrons. The van der Waals surface area contributed by atoms with Crippen LogP contribution in [0.25, 0.3) is 0 Å². The summed E-state index contributed by atoms with van der Waals surface area (Å²) in [6.45, 7) is 12.6. The molecule has 0 N–H and O–H groups in total. The smallest absolute Gasteiger partial charge is 0.333 e. The van der Waals surface area contributed by atoms with E-state index >= 15 is 0 Å². The maximum atomic E-state index is 11.8. The molecule has 0 bridgehead atoms. The summed E-state index contributed by atoms with van der Waals surface area (Å²) in [6, 6.07) is 0. The number of carbonyl (C=O) groups excluding carboxylic acids is 3. The molecule has 0 aliphatic heterocycles. The molecule has 0 amide bonds. The Bertz CT molecular complexity index is 482. The molecular weight excluding hydrogens is 328 g/mol. The lowest BCUT2D eigenvalue weighted by atomic mass is 10.2. The average molecular weight is 356 g/mol. The molecule has 25 heavy (non-hydrogen) atoms. The van der Waals surface area contributed by atoms with E-state index < -0.39 is 24.0 Å². The van der Waals surface area contributed by atoms with Crippen LogP contribution in [-0.2, 0) is 33.3 Å². The van der Waals surface area contributed by atoms with Crippen LogP contribution in [0.15, 0.2) is 24.3 Å². The van der Waals surface area contributed by atoms with Crippen LogP contribution in [0.2, 0.25) is 0 Å². The summed E-state index contributed by atoms with van der Waals surface area (Å²) in [5.41, 5.74) is 0.605. The van der Waals surface area contributed by atoms with E-state index in [2.05, 4.69) is 13.2 Å². The van der Waals surface area contributed by atoms with Gasteiger partial charge in [0.1, 0.15) is 6.61 Å². The van der Waals surface area contributed by atoms with Crippen LogP contribution in [-0.4, -0.2) is 50.4 Å². The largest absolute Gasteiger partial charge is 0.462 e. The number of hydrogen-bond donors (Lipinski definition) is 0. The second kappa shape index (κ2) is 13.2. The van der Waals surface area contributed by atoms with Gasteiger partial charge in [0.2, 0.25) is 0 Å². The molecule has 0 radical (unpaired) electrons. The third kappa shape index (κ3) is 11.9. The Morgan fingerprint density at radius 3 is 2.08 bits per heavy atom. The van der Waals surface area contributed by atoms with Gasteiger partial charge in [-0.25, -0.2) is 9.59 Å². The molecule has 0 rings (SSSR count). The molecule has 7 nitrogen and oxygen atoms in total. The van der Waals surface area contributed by atoms with Crippen molar-refractivity contribution in [3.05, 3.63) is 24.3 Å². The van der Waals surface area contributed by atoms with Crippen LogP contribution < -0.4 is 0 Å². The third-order valence-corrected chi connectivity index (χ3v) is 2.91. The molecule has 1 atom stereocenters. The summed E-state index contributed by atoms with van der Waals surface area (Å²) in [7, 11) is 0. The van der Waals surface area contributed by atoms with Gasteiger partial charge in [-0.3, -0.25) is 4.79 Å². The van der Waals surface area contributed by atoms with Gasteiger partial charge in [0.15, 0.2) is 6.10 Å². The molecule has 0 fully saturated rings. The van der Waals surface area contributed by atoms with Gasteiger partial charge >= 0.3 is 17.9 Å². The van der Waals surface area contributed by atoms with Gasteiger partial charge in [-0.2, -0.15) is 0 Å². The summed E-state index contributed by atoms with van der Waals surface area (Å²) in [6.07, 6.45) is 0.545. The molecule has 0 aromatic carbocycles. The van der Waals surface area contributed by atoms with Crippen LogP contribution >= 0.6 is 0 Å². The fourth-order valence-corrected chi connectivity index (χ4v) is 1.56. The number of rotatable bonds is 13. The summed E-state index contributed by atoms with van der Waals surface area (Å²) < 4.78 is 20.4. The predicted octanol–water partition coefficient (Wildman–Crippen LogP) is 2.34. The lowest BCUT2D eigenvalue weighted by Crippen LogP contribution is -2.30. The van der Waals surface area contributed by atoms with Crippen molar-refractivity contribution in [1.29, 1.82) is 0 Å². The Morgan fingerprint density at radius 1 is 0.920 bits per heavy atom. The second-order valence-electron chi connectivity index (χ2n) is 5.52. The monoisotopic (exact) mass is 356 g/mol. The normalized spacial score (nSPS) is 11.3. The zero-order chi connectivity index (χ0) is 19.2. The molecule has 0 aliphatic carbocycles. The summed E-state index contributed by atoms with van der Waals surface area (Å²) in [5, 5.41) is 0. The van der Waals surface area contributed by atoms with E-state index in [0.717, 1.165) is 0 Å². The maximum absolute atomic E-state index is 11.8. The van der Waals surface area contributed by atoms with Crippen molar-refractivity contribution in [3.8, 4) is 0 Å². The maximum Gasteiger partial charge on any atom is 0.333 e. The SMILES string of the molecule is C=C(C)C(=O)OCCCCC(=O)OC(COCC)COC(=O)C(=C)C. The van der Waals surface area contributed by atoms with Crippen LogP contribution in [0.1, 0.15) is 40.0 Å². The first-order chi connectivity index (χ1) is 11.8. The van der Waals surface area contributed by atoms with Crippen molar-refractivity contribution in [2.75, 3.05) is 26.4 Å². The Balaban J connectivity index is 4.11. The third-order valence-electron chi connectivity index (χ3n) is 2.91. The molecule has 0 aromatic rings. The first-order valence-corrected chi connectivity index (χ1v) is 8.20. The molecule has 7 heteroatoms. The summed E-state index contributed by atoms with van der Waals surface area (Å²) >= 11 is 0. The molecular formula is C18H28O7. The minimum atomic E-state index is -0.669. The highest BCUT2D eigenvalue weighted by atomic mass is 16.6. The number of ether oxygens (including phenoxy) is 4. The van der Waals surface area contributed by atoms with Crippen molar-refractivity contribution in [1.82, 2.24) is 0 Å². The molecule has 0 spiro atoms. The van der Waals surface area contributed by atoms with Gasteiger partial charge < -0.3 is 18.9 Å². The van der Waals surface area contributed by atoms with Crippen LogP contribution in [0, 0.1) is 0 Å². The van der Waals surface area contributed by atoms with E-state index in [1.54, 1.807) is 6.92 Å². The van der Waals surface area contributed by atoms with Gasteiger partial charge in [-0.1, -0.05) is 13.2 Å². The topological polar surface area (TPSA) is 88.1 Å². The Kier molecular flexibility index (Phi) is 12.0. The quantitative estimate of drug-likeness (QED) is 0.217. The molecule has 0 heterocycles. The standard InChI is InChI=1S/C18H28O7/c1-6-22-11-15(12-24-18(21)14(4)5)25-16(19)9-7-8-10-23-17(20)13(2)3/h15H,2,4,6-12H2,1,3,5H3. The van der Waals surface area contributed by atoms with E-state index in [0.29, 0.717) is 25.0 Å². The van der Waals surface area contributed by atoms with Crippen molar-refractivity contribution in [2.24, 2.45) is 0 Å². The Labute approximate surface area is 149 Å². The van der Waals surface area contributed by atoms with E-state index in [1.165, 1.54) is 6.92 Å². The van der Waals surface area contributed by atoms with Crippen molar-refractivity contribution >= 4 is 17.9 Å². The van der Waals surface area contributed by atoms with Gasteiger partial charge in [0.25, 0.3) is 0 Å². The van der Waals surface area contributed by atoms with Gasteiger partial charge in [0.05, 0.1) is 13.2 Å². The van der Waals surface area contributed by atoms with Gasteiger partial charge in [-0.05, 0) is 33.6 Å². The Morgan fingerprint density at radius 2 is 1.52 bits per heavy atom. The van der Waals surface area contributed by atoms with E-state index in [-0.39, 0.29) is 31.8 Å². The lowest BCUT2D eigenvalue weighted by Gasteiger charge is -2.18. The van der Waals surface area contributed by atoms with Crippen molar-refractivity contribution < 1.29 is 33.3 Å². The van der Waals surface area contributed by atoms with Crippen molar-refractivity contribution in [3.63, 3.8) is 0 Å². The molecule has 0 saturated heterocycles. The Hall–Kier alpha value is -2.15. The molecule has 1 unspecified atom stereocenters. The minimum absolute atomic E-state index is 0.0896. The van der Waals surface area contributed by atoms with Crippen LogP contribution in [0.5, 0.6) is 0 Å². The zero-order valence-electron chi connectivity index (χ0n) is 15.3. The zero-order valence-corrected chi connectivity index (χ0v) is 15.3. The first kappa shape index (κ1) is 22.9. The predicted molar refractivity (Wildman–Crippen MR) is 91.8 cm³/mol. The lowest BCUT2D eigenvalue weighted by molar-refractivity contribution is -0.161. The first-order valence-electron chi connectivity index (χ1n) is 8.20. The number of carbonyl (C=O) groups is 3. The summed E-state index contributed by atoms with van der Waals surface area (Å²) in [5.74, 6) is -1.42. The van der Waals surface area contributed by atoms with Crippen LogP contribution in [0.3, 0.4) is 0 Å². The van der Waals surface area contributed by atoms with Gasteiger partial charge in [-0.15, -0.1) is 0 Å². The van der Waals surface area contributed by atoms with Crippen LogP contribution in [0.4, 0.5) is 0 Å². The molecule has 0 saturated carbocycles. The highest BCUT2D eigenvalue weighted by Crippen LogP contribution is 2.05. The average Bonchev–Trinajstić information content (AvgIpc) is 2.55. The highest BCUT2D eigenvalue weighted by molar-refractivity contribution is 5.87. The molecule has 0 aliphatic rings. The highest BCUT2D eigenvalue weighted by Gasteiger charge is 2.17. The minimum Gasteiger partial charge on any atom is -0.462 e. The molecule has 0 aromatic heterocycles. The second-order valence-corrected chi connectivity index (χ2v) is 5.52. The van der Waals surface area contributed by atoms with E-state index in [9.17, 15) is 14.4 Å². The fraction of sp³-hybridized carbons (Fsp3) is 0.611. The van der Waals surface area contributed by atoms with E-state index in [4.69, 9.17) is 18.9 Å². The van der Waals surface area contributed by atoms with Gasteiger partial charge in [0, 0.05) is 24.2 Å². The number of unbranched alkanes of at least 4 members (excludes halogenated alkanes) is 1. The van der Waals surface area contributed by atoms with E-state index in [1.807, 2.05) is 6.92 Å².